The van der Waals surface area contributed by atoms with Crippen LogP contribution in [0.15, 0.2) is 18.2 Å². The Bertz CT molecular complexity index is 466. The van der Waals surface area contributed by atoms with E-state index in [1.54, 1.807) is 0 Å². The van der Waals surface area contributed by atoms with Gasteiger partial charge in [0.05, 0.1) is 0 Å². The fourth-order valence-electron chi connectivity index (χ4n) is 3.01. The molecule has 1 saturated heterocycles. The van der Waals surface area contributed by atoms with Gasteiger partial charge < -0.3 is 5.32 Å². The number of benzene rings is 1. The van der Waals surface area contributed by atoms with Crippen molar-refractivity contribution in [1.82, 2.24) is 10.2 Å². The Kier molecular flexibility index (Phi) is 6.03. The summed E-state index contributed by atoms with van der Waals surface area (Å²) in [4.78, 5) is 2.49. The second kappa shape index (κ2) is 7.57. The molecular formula is C17H26ClFN2. The van der Waals surface area contributed by atoms with E-state index in [1.807, 2.05) is 6.07 Å². The molecule has 4 heteroatoms. The monoisotopic (exact) mass is 312 g/mol. The van der Waals surface area contributed by atoms with Crippen LogP contribution in [-0.4, -0.2) is 30.1 Å². The number of piperazine rings is 1. The van der Waals surface area contributed by atoms with Crippen LogP contribution in [0.25, 0.3) is 0 Å². The molecule has 1 fully saturated rings. The summed E-state index contributed by atoms with van der Waals surface area (Å²) in [6.07, 6.45) is 2.29. The third-order valence-electron chi connectivity index (χ3n) is 4.75. The van der Waals surface area contributed by atoms with Gasteiger partial charge in [-0.2, -0.15) is 0 Å². The number of halogens is 2. The first kappa shape index (κ1) is 16.7. The Morgan fingerprint density at radius 1 is 1.43 bits per heavy atom. The molecule has 3 unspecified atom stereocenters. The van der Waals surface area contributed by atoms with E-state index in [0.717, 1.165) is 31.6 Å². The van der Waals surface area contributed by atoms with Gasteiger partial charge in [-0.1, -0.05) is 44.9 Å². The molecule has 1 heterocycles. The molecular weight excluding hydrogens is 287 g/mol. The molecule has 0 bridgehead atoms. The summed E-state index contributed by atoms with van der Waals surface area (Å²) in [5.74, 6) is 0.391. The summed E-state index contributed by atoms with van der Waals surface area (Å²) in [6, 6.07) is 5.76. The Labute approximate surface area is 132 Å². The molecule has 118 valence electrons. The Morgan fingerprint density at radius 3 is 2.81 bits per heavy atom. The quantitative estimate of drug-likeness (QED) is 0.881. The van der Waals surface area contributed by atoms with E-state index < -0.39 is 0 Å². The van der Waals surface area contributed by atoms with Crippen LogP contribution >= 0.6 is 11.6 Å². The SMILES string of the molecule is CCC(C)C1CN(Cc2ccc(F)cc2Cl)C(CC)CN1. The van der Waals surface area contributed by atoms with Crippen molar-refractivity contribution < 1.29 is 4.39 Å². The molecule has 0 radical (unpaired) electrons. The molecule has 0 amide bonds. The molecule has 0 saturated carbocycles. The van der Waals surface area contributed by atoms with E-state index in [-0.39, 0.29) is 5.82 Å². The number of rotatable bonds is 5. The van der Waals surface area contributed by atoms with Crippen molar-refractivity contribution in [3.63, 3.8) is 0 Å². The number of hydrogen-bond acceptors (Lipinski definition) is 2. The molecule has 1 aliphatic heterocycles. The van der Waals surface area contributed by atoms with Crippen LogP contribution < -0.4 is 5.32 Å². The second-order valence-corrected chi connectivity index (χ2v) is 6.53. The number of hydrogen-bond donors (Lipinski definition) is 1. The summed E-state index contributed by atoms with van der Waals surface area (Å²) in [5.41, 5.74) is 1.02. The highest BCUT2D eigenvalue weighted by Gasteiger charge is 2.29. The zero-order valence-corrected chi connectivity index (χ0v) is 14.0. The average molecular weight is 313 g/mol. The van der Waals surface area contributed by atoms with Crippen molar-refractivity contribution in [3.05, 3.63) is 34.6 Å². The van der Waals surface area contributed by atoms with E-state index in [9.17, 15) is 4.39 Å². The van der Waals surface area contributed by atoms with E-state index in [2.05, 4.69) is 31.0 Å². The van der Waals surface area contributed by atoms with Crippen LogP contribution in [0.5, 0.6) is 0 Å². The van der Waals surface area contributed by atoms with Crippen molar-refractivity contribution in [2.75, 3.05) is 13.1 Å². The van der Waals surface area contributed by atoms with Crippen molar-refractivity contribution in [1.29, 1.82) is 0 Å². The maximum atomic E-state index is 13.2. The molecule has 1 aromatic rings. The molecule has 2 nitrogen and oxygen atoms in total. The van der Waals surface area contributed by atoms with Gasteiger partial charge >= 0.3 is 0 Å². The van der Waals surface area contributed by atoms with Crippen molar-refractivity contribution in [2.24, 2.45) is 5.92 Å². The highest BCUT2D eigenvalue weighted by Crippen LogP contribution is 2.23. The maximum Gasteiger partial charge on any atom is 0.124 e. The lowest BCUT2D eigenvalue weighted by Crippen LogP contribution is -2.57. The molecule has 0 spiro atoms. The van der Waals surface area contributed by atoms with Gasteiger partial charge in [0.2, 0.25) is 0 Å². The Hall–Kier alpha value is -0.640. The normalized spacial score (nSPS) is 25.0. The zero-order valence-electron chi connectivity index (χ0n) is 13.2. The lowest BCUT2D eigenvalue weighted by molar-refractivity contribution is 0.0993. The van der Waals surface area contributed by atoms with E-state index in [0.29, 0.717) is 23.0 Å². The maximum absolute atomic E-state index is 13.2. The highest BCUT2D eigenvalue weighted by atomic mass is 35.5. The van der Waals surface area contributed by atoms with E-state index >= 15 is 0 Å². The van der Waals surface area contributed by atoms with Crippen LogP contribution in [0.1, 0.15) is 39.2 Å². The first-order valence-electron chi connectivity index (χ1n) is 7.96. The zero-order chi connectivity index (χ0) is 15.4. The summed E-state index contributed by atoms with van der Waals surface area (Å²) < 4.78 is 13.2. The minimum Gasteiger partial charge on any atom is -0.311 e. The van der Waals surface area contributed by atoms with E-state index in [4.69, 9.17) is 11.6 Å². The summed E-state index contributed by atoms with van der Waals surface area (Å²) in [6.45, 7) is 9.60. The second-order valence-electron chi connectivity index (χ2n) is 6.13. The van der Waals surface area contributed by atoms with Gasteiger partial charge in [-0.25, -0.2) is 4.39 Å². The lowest BCUT2D eigenvalue weighted by atomic mass is 9.94. The third-order valence-corrected chi connectivity index (χ3v) is 5.11. The van der Waals surface area contributed by atoms with Crippen molar-refractivity contribution in [2.45, 2.75) is 52.2 Å². The van der Waals surface area contributed by atoms with Gasteiger partial charge in [-0.3, -0.25) is 4.90 Å². The summed E-state index contributed by atoms with van der Waals surface area (Å²) in [7, 11) is 0. The standard InChI is InChI=1S/C17H26ClFN2/c1-4-12(3)17-11-21(15(5-2)9-20-17)10-13-6-7-14(19)8-16(13)18/h6-8,12,15,17,20H,4-5,9-11H2,1-3H3. The first-order chi connectivity index (χ1) is 10.0. The number of nitrogens with one attached hydrogen (secondary N) is 1. The predicted molar refractivity (Wildman–Crippen MR) is 87.1 cm³/mol. The van der Waals surface area contributed by atoms with Gasteiger partial charge in [-0.15, -0.1) is 0 Å². The molecule has 1 aromatic carbocycles. The minimum absolute atomic E-state index is 0.270. The topological polar surface area (TPSA) is 15.3 Å². The van der Waals surface area contributed by atoms with Crippen LogP contribution in [-0.2, 0) is 6.54 Å². The van der Waals surface area contributed by atoms with Gasteiger partial charge in [0.25, 0.3) is 0 Å². The van der Waals surface area contributed by atoms with Gasteiger partial charge in [0.1, 0.15) is 5.82 Å². The van der Waals surface area contributed by atoms with Crippen LogP contribution in [0.3, 0.4) is 0 Å². The van der Waals surface area contributed by atoms with Crippen molar-refractivity contribution in [3.8, 4) is 0 Å². The van der Waals surface area contributed by atoms with Gasteiger partial charge in [-0.05, 0) is 30.0 Å². The molecule has 1 N–H and O–H groups in total. The molecule has 0 aromatic heterocycles. The molecule has 1 aliphatic rings. The summed E-state index contributed by atoms with van der Waals surface area (Å²) >= 11 is 6.18. The molecule has 3 atom stereocenters. The Balaban J connectivity index is 2.10. The molecule has 2 rings (SSSR count). The van der Waals surface area contributed by atoms with Gasteiger partial charge in [0.15, 0.2) is 0 Å². The van der Waals surface area contributed by atoms with Crippen LogP contribution in [0.2, 0.25) is 5.02 Å². The smallest absolute Gasteiger partial charge is 0.124 e. The highest BCUT2D eigenvalue weighted by molar-refractivity contribution is 6.31. The fraction of sp³-hybridized carbons (Fsp3) is 0.647. The predicted octanol–water partition coefficient (Wildman–Crippen LogP) is 4.08. The van der Waals surface area contributed by atoms with E-state index in [1.165, 1.54) is 18.6 Å². The van der Waals surface area contributed by atoms with Crippen molar-refractivity contribution >= 4 is 11.6 Å². The number of nitrogens with zero attached hydrogens (tertiary/aromatic N) is 1. The van der Waals surface area contributed by atoms with Gasteiger partial charge in [0, 0.05) is 36.7 Å². The minimum atomic E-state index is -0.270. The largest absolute Gasteiger partial charge is 0.311 e. The first-order valence-corrected chi connectivity index (χ1v) is 8.34. The molecule has 21 heavy (non-hydrogen) atoms. The fourth-order valence-corrected chi connectivity index (χ4v) is 3.24. The summed E-state index contributed by atoms with van der Waals surface area (Å²) in [5, 5.41) is 4.21. The average Bonchev–Trinajstić information content (AvgIpc) is 2.49. The lowest BCUT2D eigenvalue weighted by Gasteiger charge is -2.42. The van der Waals surface area contributed by atoms with Crippen LogP contribution in [0.4, 0.5) is 4.39 Å². The van der Waals surface area contributed by atoms with Crippen LogP contribution in [0, 0.1) is 11.7 Å². The molecule has 0 aliphatic carbocycles. The third kappa shape index (κ3) is 4.18. The Morgan fingerprint density at radius 2 is 2.19 bits per heavy atom.